The first kappa shape index (κ1) is 20.0. The highest BCUT2D eigenvalue weighted by atomic mass is 16.6. The lowest BCUT2D eigenvalue weighted by atomic mass is 9.92. The highest BCUT2D eigenvalue weighted by Gasteiger charge is 2.27. The molecule has 5 nitrogen and oxygen atoms in total. The molecule has 0 spiro atoms. The number of carbonyl (C=O) groups excluding carboxylic acids is 2. The summed E-state index contributed by atoms with van der Waals surface area (Å²) in [7, 11) is 0. The third-order valence-electron chi connectivity index (χ3n) is 4.17. The van der Waals surface area contributed by atoms with Gasteiger partial charge < -0.3 is 14.4 Å². The second kappa shape index (κ2) is 8.88. The fourth-order valence-corrected chi connectivity index (χ4v) is 2.92. The van der Waals surface area contributed by atoms with Gasteiger partial charge in [0.2, 0.25) is 0 Å². The molecule has 0 aromatic heterocycles. The SMILES string of the molecule is CCOC(=O)/C(=C/C1CCN(C(=O)OC(C)(C)C)CC1)c1ccccc1. The summed E-state index contributed by atoms with van der Waals surface area (Å²) in [5.74, 6) is -0.0680. The minimum absolute atomic E-state index is 0.230. The number of hydrogen-bond donors (Lipinski definition) is 0. The van der Waals surface area contributed by atoms with E-state index in [1.54, 1.807) is 11.8 Å². The van der Waals surface area contributed by atoms with E-state index < -0.39 is 5.60 Å². The average Bonchev–Trinajstić information content (AvgIpc) is 2.59. The van der Waals surface area contributed by atoms with Crippen molar-refractivity contribution in [1.29, 1.82) is 0 Å². The first-order valence-corrected chi connectivity index (χ1v) is 9.22. The molecule has 1 aromatic rings. The Morgan fingerprint density at radius 1 is 1.15 bits per heavy atom. The van der Waals surface area contributed by atoms with Gasteiger partial charge in [-0.2, -0.15) is 0 Å². The molecule has 1 saturated heterocycles. The molecule has 0 N–H and O–H groups in total. The van der Waals surface area contributed by atoms with Gasteiger partial charge in [-0.05, 0) is 52.0 Å². The fraction of sp³-hybridized carbons (Fsp3) is 0.524. The van der Waals surface area contributed by atoms with Crippen molar-refractivity contribution in [3.05, 3.63) is 42.0 Å². The van der Waals surface area contributed by atoms with Gasteiger partial charge >= 0.3 is 12.1 Å². The lowest BCUT2D eigenvalue weighted by Gasteiger charge is -2.32. The lowest BCUT2D eigenvalue weighted by Crippen LogP contribution is -2.41. The monoisotopic (exact) mass is 359 g/mol. The number of likely N-dealkylation sites (tertiary alicyclic amines) is 1. The Balaban J connectivity index is 2.05. The molecule has 0 unspecified atom stereocenters. The normalized spacial score (nSPS) is 16.3. The summed E-state index contributed by atoms with van der Waals surface area (Å²) < 4.78 is 10.7. The Kier molecular flexibility index (Phi) is 6.83. The van der Waals surface area contributed by atoms with E-state index in [4.69, 9.17) is 9.47 Å². The van der Waals surface area contributed by atoms with E-state index in [0.717, 1.165) is 18.4 Å². The van der Waals surface area contributed by atoms with Crippen LogP contribution < -0.4 is 0 Å². The van der Waals surface area contributed by atoms with Crippen LogP contribution >= 0.6 is 0 Å². The summed E-state index contributed by atoms with van der Waals surface area (Å²) in [5, 5.41) is 0. The number of carbonyl (C=O) groups is 2. The van der Waals surface area contributed by atoms with Crippen LogP contribution in [0.4, 0.5) is 4.79 Å². The van der Waals surface area contributed by atoms with E-state index >= 15 is 0 Å². The van der Waals surface area contributed by atoms with Crippen LogP contribution in [0.25, 0.3) is 5.57 Å². The van der Waals surface area contributed by atoms with Crippen LogP contribution in [-0.4, -0.2) is 42.3 Å². The quantitative estimate of drug-likeness (QED) is 0.595. The number of ether oxygens (including phenoxy) is 2. The number of hydrogen-bond acceptors (Lipinski definition) is 4. The Bertz CT molecular complexity index is 638. The zero-order chi connectivity index (χ0) is 19.2. The molecule has 26 heavy (non-hydrogen) atoms. The third kappa shape index (κ3) is 5.90. The molecule has 0 bridgehead atoms. The molecule has 1 aromatic carbocycles. The molecular weight excluding hydrogens is 330 g/mol. The third-order valence-corrected chi connectivity index (χ3v) is 4.17. The summed E-state index contributed by atoms with van der Waals surface area (Å²) in [5.41, 5.74) is 0.974. The van der Waals surface area contributed by atoms with Crippen molar-refractivity contribution in [2.45, 2.75) is 46.1 Å². The summed E-state index contributed by atoms with van der Waals surface area (Å²) in [6.45, 7) is 9.01. The highest BCUT2D eigenvalue weighted by Crippen LogP contribution is 2.25. The topological polar surface area (TPSA) is 55.8 Å². The van der Waals surface area contributed by atoms with Crippen molar-refractivity contribution in [2.24, 2.45) is 5.92 Å². The van der Waals surface area contributed by atoms with E-state index in [-0.39, 0.29) is 18.0 Å². The van der Waals surface area contributed by atoms with Gasteiger partial charge in [-0.3, -0.25) is 0 Å². The number of amides is 1. The first-order valence-electron chi connectivity index (χ1n) is 9.22. The highest BCUT2D eigenvalue weighted by molar-refractivity contribution is 6.16. The Hall–Kier alpha value is -2.30. The van der Waals surface area contributed by atoms with Crippen molar-refractivity contribution < 1.29 is 19.1 Å². The molecule has 0 saturated carbocycles. The van der Waals surface area contributed by atoms with Crippen molar-refractivity contribution in [3.8, 4) is 0 Å². The van der Waals surface area contributed by atoms with Crippen LogP contribution in [0.1, 0.15) is 46.1 Å². The second-order valence-corrected chi connectivity index (χ2v) is 7.47. The number of benzene rings is 1. The summed E-state index contributed by atoms with van der Waals surface area (Å²) in [4.78, 5) is 26.3. The zero-order valence-corrected chi connectivity index (χ0v) is 16.2. The largest absolute Gasteiger partial charge is 0.462 e. The van der Waals surface area contributed by atoms with Gasteiger partial charge in [0.15, 0.2) is 0 Å². The minimum Gasteiger partial charge on any atom is -0.462 e. The van der Waals surface area contributed by atoms with Crippen LogP contribution in [0.15, 0.2) is 36.4 Å². The predicted molar refractivity (Wildman–Crippen MR) is 102 cm³/mol. The maximum atomic E-state index is 12.4. The first-order chi connectivity index (χ1) is 12.3. The molecule has 0 aliphatic carbocycles. The van der Waals surface area contributed by atoms with Crippen LogP contribution in [0.2, 0.25) is 0 Å². The molecule has 5 heteroatoms. The molecule has 142 valence electrons. The number of allylic oxidation sites excluding steroid dienone is 1. The molecule has 0 radical (unpaired) electrons. The molecular formula is C21H29NO4. The maximum Gasteiger partial charge on any atom is 0.410 e. The molecule has 1 aliphatic rings. The number of rotatable bonds is 4. The molecule has 1 aliphatic heterocycles. The van der Waals surface area contributed by atoms with Crippen molar-refractivity contribution in [2.75, 3.05) is 19.7 Å². The Morgan fingerprint density at radius 2 is 1.77 bits per heavy atom. The maximum absolute atomic E-state index is 12.4. The molecule has 1 amide bonds. The van der Waals surface area contributed by atoms with E-state index in [2.05, 4.69) is 0 Å². The van der Waals surface area contributed by atoms with Gasteiger partial charge in [-0.25, -0.2) is 9.59 Å². The summed E-state index contributed by atoms with van der Waals surface area (Å²) >= 11 is 0. The van der Waals surface area contributed by atoms with Crippen LogP contribution in [0, 0.1) is 5.92 Å². The smallest absolute Gasteiger partial charge is 0.410 e. The van der Waals surface area contributed by atoms with Gasteiger partial charge in [-0.15, -0.1) is 0 Å². The van der Waals surface area contributed by atoms with Crippen LogP contribution in [-0.2, 0) is 14.3 Å². The lowest BCUT2D eigenvalue weighted by molar-refractivity contribution is -0.136. The van der Waals surface area contributed by atoms with Gasteiger partial charge in [0.1, 0.15) is 5.60 Å². The second-order valence-electron chi connectivity index (χ2n) is 7.47. The molecule has 0 atom stereocenters. The van der Waals surface area contributed by atoms with E-state index in [9.17, 15) is 9.59 Å². The van der Waals surface area contributed by atoms with Gasteiger partial charge in [0.25, 0.3) is 0 Å². The van der Waals surface area contributed by atoms with Gasteiger partial charge in [0.05, 0.1) is 12.2 Å². The molecule has 1 heterocycles. The van der Waals surface area contributed by atoms with Crippen molar-refractivity contribution in [3.63, 3.8) is 0 Å². The van der Waals surface area contributed by atoms with Crippen molar-refractivity contribution >= 4 is 17.6 Å². The predicted octanol–water partition coefficient (Wildman–Crippen LogP) is 4.28. The molecule has 1 fully saturated rings. The minimum atomic E-state index is -0.488. The van der Waals surface area contributed by atoms with E-state index in [1.165, 1.54) is 0 Å². The summed E-state index contributed by atoms with van der Waals surface area (Å²) in [6.07, 6.45) is 3.33. The van der Waals surface area contributed by atoms with Crippen LogP contribution in [0.5, 0.6) is 0 Å². The van der Waals surface area contributed by atoms with Crippen molar-refractivity contribution in [1.82, 2.24) is 4.90 Å². The van der Waals surface area contributed by atoms with E-state index in [1.807, 2.05) is 57.2 Å². The van der Waals surface area contributed by atoms with Gasteiger partial charge in [-0.1, -0.05) is 36.4 Å². The Labute approximate surface area is 156 Å². The summed E-state index contributed by atoms with van der Waals surface area (Å²) in [6, 6.07) is 9.57. The average molecular weight is 359 g/mol. The Morgan fingerprint density at radius 3 is 2.31 bits per heavy atom. The molecule has 2 rings (SSSR count). The van der Waals surface area contributed by atoms with E-state index in [0.29, 0.717) is 25.3 Å². The number of esters is 1. The standard InChI is InChI=1S/C21H29NO4/c1-5-25-19(23)18(17-9-7-6-8-10-17)15-16-11-13-22(14-12-16)20(24)26-21(2,3)4/h6-10,15-16H,5,11-14H2,1-4H3/b18-15+. The zero-order valence-electron chi connectivity index (χ0n) is 16.2. The number of piperidine rings is 1. The fourth-order valence-electron chi connectivity index (χ4n) is 2.92. The van der Waals surface area contributed by atoms with Gasteiger partial charge in [0, 0.05) is 13.1 Å². The van der Waals surface area contributed by atoms with Crippen LogP contribution in [0.3, 0.4) is 0 Å². The number of nitrogens with zero attached hydrogens (tertiary/aromatic N) is 1.